The van der Waals surface area contributed by atoms with E-state index < -0.39 is 29.9 Å². The molecule has 5 amide bonds. The van der Waals surface area contributed by atoms with Crippen LogP contribution in [0.15, 0.2) is 48.5 Å². The molecule has 3 N–H and O–H groups in total. The number of nitrogens with one attached hydrogen (secondary N) is 3. The molecule has 1 atom stereocenters. The maximum atomic E-state index is 12.9. The Morgan fingerprint density at radius 2 is 1.80 bits per heavy atom. The van der Waals surface area contributed by atoms with E-state index in [1.165, 1.54) is 20.1 Å². The lowest BCUT2D eigenvalue weighted by molar-refractivity contribution is -0.133. The molecule has 30 heavy (non-hydrogen) atoms. The number of anilines is 2. The standard InChI is InChI=1S/C21H22N4O5/c1-13(26)22-15-9-10-17(30-3)16(11-15)23-18(27)12-25-19(28)21(2,24-20(25)29)14-7-5-4-6-8-14/h4-11H,12H2,1-3H3,(H,22,26)(H,23,27)(H,24,29). The molecular weight excluding hydrogens is 388 g/mol. The summed E-state index contributed by atoms with van der Waals surface area (Å²) in [6.07, 6.45) is 0. The average molecular weight is 410 g/mol. The molecule has 9 nitrogen and oxygen atoms in total. The second-order valence-corrected chi connectivity index (χ2v) is 6.96. The highest BCUT2D eigenvalue weighted by molar-refractivity contribution is 6.10. The van der Waals surface area contributed by atoms with Gasteiger partial charge in [0, 0.05) is 12.6 Å². The molecular formula is C21H22N4O5. The molecule has 1 aliphatic rings. The van der Waals surface area contributed by atoms with Gasteiger partial charge in [-0.05, 0) is 30.7 Å². The zero-order valence-corrected chi connectivity index (χ0v) is 16.8. The minimum atomic E-state index is -1.25. The van der Waals surface area contributed by atoms with E-state index in [-0.39, 0.29) is 5.91 Å². The molecule has 1 fully saturated rings. The van der Waals surface area contributed by atoms with Gasteiger partial charge in [0.1, 0.15) is 17.8 Å². The first-order chi connectivity index (χ1) is 14.2. The van der Waals surface area contributed by atoms with E-state index in [1.807, 2.05) is 6.07 Å². The Balaban J connectivity index is 1.76. The maximum Gasteiger partial charge on any atom is 0.325 e. The summed E-state index contributed by atoms with van der Waals surface area (Å²) in [6, 6.07) is 12.9. The van der Waals surface area contributed by atoms with E-state index >= 15 is 0 Å². The van der Waals surface area contributed by atoms with Crippen LogP contribution in [0.1, 0.15) is 19.4 Å². The molecule has 9 heteroatoms. The van der Waals surface area contributed by atoms with Gasteiger partial charge in [-0.15, -0.1) is 0 Å². The van der Waals surface area contributed by atoms with Gasteiger partial charge < -0.3 is 20.7 Å². The molecule has 3 rings (SSSR count). The lowest BCUT2D eigenvalue weighted by atomic mass is 9.92. The summed E-state index contributed by atoms with van der Waals surface area (Å²) in [7, 11) is 1.44. The monoisotopic (exact) mass is 410 g/mol. The Bertz CT molecular complexity index is 1010. The van der Waals surface area contributed by atoms with Crippen LogP contribution in [0.25, 0.3) is 0 Å². The van der Waals surface area contributed by atoms with E-state index in [9.17, 15) is 19.2 Å². The highest BCUT2D eigenvalue weighted by Gasteiger charge is 2.49. The third-order valence-electron chi connectivity index (χ3n) is 4.72. The third-order valence-corrected chi connectivity index (χ3v) is 4.72. The van der Waals surface area contributed by atoms with Crippen LogP contribution in [0.5, 0.6) is 5.75 Å². The van der Waals surface area contributed by atoms with Gasteiger partial charge in [0.05, 0.1) is 12.8 Å². The highest BCUT2D eigenvalue weighted by atomic mass is 16.5. The Labute approximate surface area is 173 Å². The van der Waals surface area contributed by atoms with Crippen LogP contribution in [0.2, 0.25) is 0 Å². The van der Waals surface area contributed by atoms with Gasteiger partial charge in [-0.2, -0.15) is 0 Å². The van der Waals surface area contributed by atoms with Crippen molar-refractivity contribution < 1.29 is 23.9 Å². The quantitative estimate of drug-likeness (QED) is 0.630. The van der Waals surface area contributed by atoms with Crippen molar-refractivity contribution in [2.75, 3.05) is 24.3 Å². The van der Waals surface area contributed by atoms with Crippen LogP contribution in [-0.4, -0.2) is 42.3 Å². The number of amides is 5. The van der Waals surface area contributed by atoms with E-state index in [2.05, 4.69) is 16.0 Å². The largest absolute Gasteiger partial charge is 0.495 e. The van der Waals surface area contributed by atoms with Crippen LogP contribution in [0.4, 0.5) is 16.2 Å². The molecule has 2 aromatic carbocycles. The van der Waals surface area contributed by atoms with Crippen molar-refractivity contribution in [1.82, 2.24) is 10.2 Å². The molecule has 156 valence electrons. The van der Waals surface area contributed by atoms with Crippen molar-refractivity contribution in [2.45, 2.75) is 19.4 Å². The number of benzene rings is 2. The molecule has 2 aromatic rings. The number of urea groups is 1. The average Bonchev–Trinajstić information content (AvgIpc) is 2.92. The number of imide groups is 1. The summed E-state index contributed by atoms with van der Waals surface area (Å²) in [5.74, 6) is -1.01. The summed E-state index contributed by atoms with van der Waals surface area (Å²) in [5, 5.41) is 7.89. The molecule has 0 bridgehead atoms. The Kier molecular flexibility index (Phi) is 5.72. The molecule has 0 aromatic heterocycles. The number of ether oxygens (including phenoxy) is 1. The second-order valence-electron chi connectivity index (χ2n) is 6.96. The van der Waals surface area contributed by atoms with Gasteiger partial charge in [-0.1, -0.05) is 30.3 Å². The second kappa shape index (κ2) is 8.24. The predicted molar refractivity (Wildman–Crippen MR) is 110 cm³/mol. The Morgan fingerprint density at radius 3 is 2.43 bits per heavy atom. The van der Waals surface area contributed by atoms with Crippen molar-refractivity contribution in [1.29, 1.82) is 0 Å². The van der Waals surface area contributed by atoms with Crippen LogP contribution < -0.4 is 20.7 Å². The molecule has 0 spiro atoms. The van der Waals surface area contributed by atoms with E-state index in [0.29, 0.717) is 22.7 Å². The molecule has 0 saturated carbocycles. The van der Waals surface area contributed by atoms with Gasteiger partial charge in [0.25, 0.3) is 5.91 Å². The zero-order chi connectivity index (χ0) is 21.9. The molecule has 1 aliphatic heterocycles. The predicted octanol–water partition coefficient (Wildman–Crippen LogP) is 2.06. The normalized spacial score (nSPS) is 18.0. The van der Waals surface area contributed by atoms with Crippen LogP contribution in [0, 0.1) is 0 Å². The summed E-state index contributed by atoms with van der Waals surface area (Å²) in [4.78, 5) is 50.0. The number of carbonyl (C=O) groups is 4. The van der Waals surface area contributed by atoms with Crippen molar-refractivity contribution in [3.05, 3.63) is 54.1 Å². The number of methoxy groups -OCH3 is 1. The fourth-order valence-electron chi connectivity index (χ4n) is 3.23. The summed E-state index contributed by atoms with van der Waals surface area (Å²) >= 11 is 0. The van der Waals surface area contributed by atoms with E-state index in [0.717, 1.165) is 4.90 Å². The first-order valence-corrected chi connectivity index (χ1v) is 9.19. The first kappa shape index (κ1) is 20.8. The SMILES string of the molecule is COc1ccc(NC(C)=O)cc1NC(=O)CN1C(=O)NC(C)(c2ccccc2)C1=O. The van der Waals surface area contributed by atoms with Crippen molar-refractivity contribution >= 4 is 35.1 Å². The highest BCUT2D eigenvalue weighted by Crippen LogP contribution is 2.30. The first-order valence-electron chi connectivity index (χ1n) is 9.19. The van der Waals surface area contributed by atoms with Crippen LogP contribution in [-0.2, 0) is 19.9 Å². The molecule has 0 radical (unpaired) electrons. The zero-order valence-electron chi connectivity index (χ0n) is 16.8. The molecule has 1 saturated heterocycles. The summed E-state index contributed by atoms with van der Waals surface area (Å²) in [6.45, 7) is 2.49. The Morgan fingerprint density at radius 1 is 1.10 bits per heavy atom. The van der Waals surface area contributed by atoms with Gasteiger partial charge in [-0.3, -0.25) is 19.3 Å². The summed E-state index contributed by atoms with van der Waals surface area (Å²) in [5.41, 5.74) is 0.134. The van der Waals surface area contributed by atoms with Gasteiger partial charge >= 0.3 is 6.03 Å². The van der Waals surface area contributed by atoms with Gasteiger partial charge in [-0.25, -0.2) is 4.79 Å². The van der Waals surface area contributed by atoms with Gasteiger partial charge in [0.2, 0.25) is 11.8 Å². The van der Waals surface area contributed by atoms with E-state index in [4.69, 9.17) is 4.74 Å². The molecule has 1 heterocycles. The van der Waals surface area contributed by atoms with Crippen LogP contribution in [0.3, 0.4) is 0 Å². The third kappa shape index (κ3) is 4.09. The maximum absolute atomic E-state index is 12.9. The topological polar surface area (TPSA) is 117 Å². The minimum absolute atomic E-state index is 0.267. The number of hydrogen-bond donors (Lipinski definition) is 3. The van der Waals surface area contributed by atoms with Crippen LogP contribution >= 0.6 is 0 Å². The fraction of sp³-hybridized carbons (Fsp3) is 0.238. The number of hydrogen-bond acceptors (Lipinski definition) is 5. The Hall–Kier alpha value is -3.88. The fourth-order valence-corrected chi connectivity index (χ4v) is 3.23. The lowest BCUT2D eigenvalue weighted by Gasteiger charge is -2.22. The van der Waals surface area contributed by atoms with Crippen molar-refractivity contribution in [2.24, 2.45) is 0 Å². The smallest absolute Gasteiger partial charge is 0.325 e. The summed E-state index contributed by atoms with van der Waals surface area (Å²) < 4.78 is 5.22. The van der Waals surface area contributed by atoms with Crippen molar-refractivity contribution in [3.8, 4) is 5.75 Å². The van der Waals surface area contributed by atoms with Gasteiger partial charge in [0.15, 0.2) is 0 Å². The number of rotatable bonds is 6. The van der Waals surface area contributed by atoms with E-state index in [1.54, 1.807) is 43.3 Å². The number of carbonyl (C=O) groups excluding carboxylic acids is 4. The lowest BCUT2D eigenvalue weighted by Crippen LogP contribution is -2.42. The van der Waals surface area contributed by atoms with Crippen molar-refractivity contribution in [3.63, 3.8) is 0 Å². The number of nitrogens with zero attached hydrogens (tertiary/aromatic N) is 1. The minimum Gasteiger partial charge on any atom is -0.495 e. The molecule has 1 unspecified atom stereocenters. The molecule has 0 aliphatic carbocycles.